The second kappa shape index (κ2) is 9.33. The maximum absolute atomic E-state index is 12.1. The van der Waals surface area contributed by atoms with Crippen molar-refractivity contribution >= 4 is 33.6 Å². The highest BCUT2D eigenvalue weighted by Gasteiger charge is 2.15. The highest BCUT2D eigenvalue weighted by atomic mass is 79.9. The number of carbonyl (C=O) groups is 1. The van der Waals surface area contributed by atoms with Gasteiger partial charge in [-0.2, -0.15) is 11.8 Å². The number of halogens is 1. The Labute approximate surface area is 166 Å². The average molecular weight is 436 g/mol. The third kappa shape index (κ3) is 5.17. The Morgan fingerprint density at radius 3 is 2.62 bits per heavy atom. The van der Waals surface area contributed by atoms with Crippen LogP contribution >= 0.6 is 27.7 Å². The van der Waals surface area contributed by atoms with Crippen LogP contribution in [-0.2, 0) is 10.5 Å². The van der Waals surface area contributed by atoms with Crippen LogP contribution in [0.2, 0.25) is 0 Å². The molecule has 0 aliphatic carbocycles. The van der Waals surface area contributed by atoms with E-state index in [0.29, 0.717) is 19.6 Å². The molecular weight excluding hydrogens is 414 g/mol. The molecule has 1 aliphatic rings. The first-order valence-electron chi connectivity index (χ1n) is 8.63. The zero-order valence-electron chi connectivity index (χ0n) is 14.7. The van der Waals surface area contributed by atoms with Crippen molar-refractivity contribution in [2.24, 2.45) is 0 Å². The van der Waals surface area contributed by atoms with Crippen molar-refractivity contribution in [2.75, 3.05) is 19.0 Å². The van der Waals surface area contributed by atoms with E-state index >= 15 is 0 Å². The third-order valence-electron chi connectivity index (χ3n) is 4.12. The van der Waals surface area contributed by atoms with Crippen LogP contribution in [0.5, 0.6) is 11.5 Å². The van der Waals surface area contributed by atoms with Gasteiger partial charge < -0.3 is 14.8 Å². The molecule has 3 rings (SSSR count). The highest BCUT2D eigenvalue weighted by molar-refractivity contribution is 9.10. The van der Waals surface area contributed by atoms with Gasteiger partial charge in [0.1, 0.15) is 13.2 Å². The van der Waals surface area contributed by atoms with Gasteiger partial charge in [-0.05, 0) is 30.2 Å². The van der Waals surface area contributed by atoms with E-state index in [1.807, 2.05) is 49.4 Å². The Hall–Kier alpha value is -1.66. The van der Waals surface area contributed by atoms with Crippen molar-refractivity contribution in [2.45, 2.75) is 25.1 Å². The Bertz CT molecular complexity index is 754. The summed E-state index contributed by atoms with van der Waals surface area (Å²) in [5.74, 6) is 3.25. The summed E-state index contributed by atoms with van der Waals surface area (Å²) in [5, 5.41) is 3.05. The fraction of sp³-hybridized carbons (Fsp3) is 0.350. The maximum Gasteiger partial charge on any atom is 0.221 e. The standard InChI is InChI=1S/C20H22BrNO3S/c1-14(15-5-3-2-4-6-15)22-20(23)7-10-26-13-16-11-18-19(12-17(16)21)25-9-8-24-18/h2-6,11-12,14H,7-10,13H2,1H3,(H,22,23)/t14-/m1/s1. The zero-order valence-corrected chi connectivity index (χ0v) is 17.1. The number of nitrogens with one attached hydrogen (secondary N) is 1. The van der Waals surface area contributed by atoms with E-state index in [1.54, 1.807) is 11.8 Å². The van der Waals surface area contributed by atoms with Gasteiger partial charge in [0.25, 0.3) is 0 Å². The zero-order chi connectivity index (χ0) is 18.4. The van der Waals surface area contributed by atoms with Crippen LogP contribution in [-0.4, -0.2) is 24.9 Å². The SMILES string of the molecule is C[C@@H](NC(=O)CCSCc1cc2c(cc1Br)OCCO2)c1ccccc1. The van der Waals surface area contributed by atoms with Gasteiger partial charge in [-0.3, -0.25) is 4.79 Å². The minimum Gasteiger partial charge on any atom is -0.486 e. The summed E-state index contributed by atoms with van der Waals surface area (Å²) in [6.07, 6.45) is 0.504. The largest absolute Gasteiger partial charge is 0.486 e. The molecule has 4 nitrogen and oxygen atoms in total. The molecule has 6 heteroatoms. The van der Waals surface area contributed by atoms with E-state index < -0.39 is 0 Å². The molecule has 0 radical (unpaired) electrons. The molecule has 0 fully saturated rings. The quantitative estimate of drug-likeness (QED) is 0.638. The lowest BCUT2D eigenvalue weighted by atomic mass is 10.1. The van der Waals surface area contributed by atoms with Crippen molar-refractivity contribution in [1.82, 2.24) is 5.32 Å². The molecule has 0 saturated heterocycles. The van der Waals surface area contributed by atoms with Gasteiger partial charge in [0.2, 0.25) is 5.91 Å². The van der Waals surface area contributed by atoms with E-state index in [-0.39, 0.29) is 11.9 Å². The van der Waals surface area contributed by atoms with Gasteiger partial charge >= 0.3 is 0 Å². The summed E-state index contributed by atoms with van der Waals surface area (Å²) in [4.78, 5) is 12.1. The van der Waals surface area contributed by atoms with E-state index in [9.17, 15) is 4.79 Å². The number of fused-ring (bicyclic) bond motifs is 1. The van der Waals surface area contributed by atoms with Crippen LogP contribution < -0.4 is 14.8 Å². The highest BCUT2D eigenvalue weighted by Crippen LogP contribution is 2.36. The van der Waals surface area contributed by atoms with Gasteiger partial charge in [-0.15, -0.1) is 0 Å². The van der Waals surface area contributed by atoms with Crippen LogP contribution in [0.25, 0.3) is 0 Å². The fourth-order valence-corrected chi connectivity index (χ4v) is 4.28. The second-order valence-electron chi connectivity index (χ2n) is 6.09. The second-order valence-corrected chi connectivity index (χ2v) is 8.05. The van der Waals surface area contributed by atoms with E-state index in [4.69, 9.17) is 9.47 Å². The Morgan fingerprint density at radius 2 is 1.88 bits per heavy atom. The summed E-state index contributed by atoms with van der Waals surface area (Å²) in [6, 6.07) is 14.0. The molecule has 0 saturated carbocycles. The molecule has 2 aromatic carbocycles. The van der Waals surface area contributed by atoms with E-state index in [0.717, 1.165) is 38.6 Å². The molecule has 1 atom stereocenters. The van der Waals surface area contributed by atoms with Crippen LogP contribution in [0.4, 0.5) is 0 Å². The molecule has 1 N–H and O–H groups in total. The molecule has 138 valence electrons. The lowest BCUT2D eigenvalue weighted by Crippen LogP contribution is -2.26. The number of carbonyl (C=O) groups excluding carboxylic acids is 1. The molecule has 2 aromatic rings. The van der Waals surface area contributed by atoms with Crippen LogP contribution in [0.15, 0.2) is 46.9 Å². The summed E-state index contributed by atoms with van der Waals surface area (Å²) in [6.45, 7) is 3.18. The van der Waals surface area contributed by atoms with Crippen LogP contribution in [0.3, 0.4) is 0 Å². The summed E-state index contributed by atoms with van der Waals surface area (Å²) in [5.41, 5.74) is 2.27. The molecule has 0 unspecified atom stereocenters. The average Bonchev–Trinajstić information content (AvgIpc) is 2.66. The first-order chi connectivity index (χ1) is 12.6. The van der Waals surface area contributed by atoms with Crippen molar-refractivity contribution in [3.63, 3.8) is 0 Å². The summed E-state index contributed by atoms with van der Waals surface area (Å²) >= 11 is 5.32. The number of rotatable bonds is 7. The van der Waals surface area contributed by atoms with Crippen LogP contribution in [0.1, 0.15) is 30.5 Å². The van der Waals surface area contributed by atoms with Gasteiger partial charge in [-0.1, -0.05) is 46.3 Å². The van der Waals surface area contributed by atoms with Gasteiger partial charge in [0.15, 0.2) is 11.5 Å². The molecule has 0 aromatic heterocycles. The van der Waals surface area contributed by atoms with E-state index in [2.05, 4.69) is 21.2 Å². The first kappa shape index (κ1) is 19.1. The number of hydrogen-bond acceptors (Lipinski definition) is 4. The monoisotopic (exact) mass is 435 g/mol. The molecular formula is C20H22BrNO3S. The molecule has 26 heavy (non-hydrogen) atoms. The van der Waals surface area contributed by atoms with Gasteiger partial charge in [0.05, 0.1) is 6.04 Å². The van der Waals surface area contributed by atoms with E-state index in [1.165, 1.54) is 0 Å². The lowest BCUT2D eigenvalue weighted by Gasteiger charge is -2.20. The Balaban J connectivity index is 1.43. The Kier molecular flexibility index (Phi) is 6.86. The minimum absolute atomic E-state index is 0.0284. The van der Waals surface area contributed by atoms with Crippen molar-refractivity contribution in [3.8, 4) is 11.5 Å². The normalized spacial score (nSPS) is 13.9. The Morgan fingerprint density at radius 1 is 1.19 bits per heavy atom. The van der Waals surface area contributed by atoms with Gasteiger partial charge in [0, 0.05) is 22.4 Å². The van der Waals surface area contributed by atoms with Crippen molar-refractivity contribution < 1.29 is 14.3 Å². The summed E-state index contributed by atoms with van der Waals surface area (Å²) < 4.78 is 12.2. The third-order valence-corrected chi connectivity index (χ3v) is 5.87. The van der Waals surface area contributed by atoms with Crippen molar-refractivity contribution in [3.05, 3.63) is 58.1 Å². The van der Waals surface area contributed by atoms with Gasteiger partial charge in [-0.25, -0.2) is 0 Å². The number of ether oxygens (including phenoxy) is 2. The summed E-state index contributed by atoms with van der Waals surface area (Å²) in [7, 11) is 0. The maximum atomic E-state index is 12.1. The number of amides is 1. The lowest BCUT2D eigenvalue weighted by molar-refractivity contribution is -0.121. The first-order valence-corrected chi connectivity index (χ1v) is 10.6. The smallest absolute Gasteiger partial charge is 0.221 e. The number of hydrogen-bond donors (Lipinski definition) is 1. The van der Waals surface area contributed by atoms with Crippen LogP contribution in [0, 0.1) is 0 Å². The number of thioether (sulfide) groups is 1. The fourth-order valence-electron chi connectivity index (χ4n) is 2.70. The molecule has 1 amide bonds. The molecule has 1 aliphatic heterocycles. The molecule has 1 heterocycles. The van der Waals surface area contributed by atoms with Crippen molar-refractivity contribution in [1.29, 1.82) is 0 Å². The molecule has 0 bridgehead atoms. The molecule has 0 spiro atoms. The topological polar surface area (TPSA) is 47.6 Å². The predicted octanol–water partition coefficient (Wildman–Crippen LogP) is 4.72. The number of benzene rings is 2. The predicted molar refractivity (Wildman–Crippen MR) is 109 cm³/mol. The minimum atomic E-state index is 0.0284.